The average molecular weight is 304 g/mol. The van der Waals surface area contributed by atoms with Gasteiger partial charge in [0.05, 0.1) is 5.92 Å². The Morgan fingerprint density at radius 3 is 2.59 bits per heavy atom. The van der Waals surface area contributed by atoms with Crippen LogP contribution < -0.4 is 0 Å². The highest BCUT2D eigenvalue weighted by Gasteiger charge is 2.57. The van der Waals surface area contributed by atoms with E-state index >= 15 is 0 Å². The van der Waals surface area contributed by atoms with Gasteiger partial charge in [-0.15, -0.1) is 0 Å². The van der Waals surface area contributed by atoms with Gasteiger partial charge in [-0.05, 0) is 61.2 Å². The van der Waals surface area contributed by atoms with Crippen molar-refractivity contribution in [2.75, 3.05) is 0 Å². The van der Waals surface area contributed by atoms with Gasteiger partial charge in [-0.3, -0.25) is 4.79 Å². The predicted molar refractivity (Wildman–Crippen MR) is 91.6 cm³/mol. The molecule has 5 unspecified atom stereocenters. The van der Waals surface area contributed by atoms with Gasteiger partial charge in [0.15, 0.2) is 0 Å². The Labute approximate surface area is 135 Å². The van der Waals surface area contributed by atoms with Gasteiger partial charge < -0.3 is 5.11 Å². The van der Waals surface area contributed by atoms with Crippen molar-refractivity contribution in [2.24, 2.45) is 28.6 Å². The van der Waals surface area contributed by atoms with E-state index in [-0.39, 0.29) is 16.7 Å². The van der Waals surface area contributed by atoms with E-state index in [1.165, 1.54) is 6.42 Å². The van der Waals surface area contributed by atoms with E-state index in [0.717, 1.165) is 44.1 Å². The molecule has 2 heteroatoms. The fourth-order valence-corrected chi connectivity index (χ4v) is 5.42. The monoisotopic (exact) mass is 304 g/mol. The molecule has 0 amide bonds. The van der Waals surface area contributed by atoms with Gasteiger partial charge in [0.25, 0.3) is 0 Å². The van der Waals surface area contributed by atoms with Crippen molar-refractivity contribution in [1.82, 2.24) is 0 Å². The molecule has 124 valence electrons. The molecule has 0 heterocycles. The summed E-state index contributed by atoms with van der Waals surface area (Å²) in [5.74, 6) is 0.409. The molecule has 0 aromatic carbocycles. The highest BCUT2D eigenvalue weighted by Crippen LogP contribution is 2.63. The second kappa shape index (κ2) is 6.22. The maximum absolute atomic E-state index is 11.8. The van der Waals surface area contributed by atoms with E-state index in [4.69, 9.17) is 0 Å². The Morgan fingerprint density at radius 1 is 1.32 bits per heavy atom. The topological polar surface area (TPSA) is 37.3 Å². The fraction of sp³-hybridized carbons (Fsp3) is 0.750. The molecule has 2 rings (SSSR count). The predicted octanol–water partition coefficient (Wildman–Crippen LogP) is 5.45. The lowest BCUT2D eigenvalue weighted by Crippen LogP contribution is -2.54. The van der Waals surface area contributed by atoms with E-state index in [2.05, 4.69) is 33.9 Å². The summed E-state index contributed by atoms with van der Waals surface area (Å²) < 4.78 is 0. The minimum atomic E-state index is -0.584. The normalized spacial score (nSPS) is 41.5. The second-order valence-corrected chi connectivity index (χ2v) is 8.19. The highest BCUT2D eigenvalue weighted by atomic mass is 16.4. The zero-order valence-corrected chi connectivity index (χ0v) is 14.5. The molecule has 0 spiro atoms. The molecule has 0 aliphatic heterocycles. The number of carbonyl (C=O) groups is 1. The van der Waals surface area contributed by atoms with Crippen LogP contribution in [0, 0.1) is 28.6 Å². The van der Waals surface area contributed by atoms with Gasteiger partial charge in [-0.2, -0.15) is 0 Å². The van der Waals surface area contributed by atoms with Gasteiger partial charge in [-0.25, -0.2) is 0 Å². The van der Waals surface area contributed by atoms with Gasteiger partial charge in [0, 0.05) is 0 Å². The van der Waals surface area contributed by atoms with Crippen LogP contribution in [0.3, 0.4) is 0 Å². The molecule has 5 atom stereocenters. The first-order valence-corrected chi connectivity index (χ1v) is 8.78. The van der Waals surface area contributed by atoms with Crippen molar-refractivity contribution < 1.29 is 9.90 Å². The van der Waals surface area contributed by atoms with Crippen molar-refractivity contribution in [3.63, 3.8) is 0 Å². The summed E-state index contributed by atoms with van der Waals surface area (Å²) in [7, 11) is 0. The molecular formula is C20H32O2. The number of carboxylic acid groups (broad SMARTS) is 1. The lowest BCUT2D eigenvalue weighted by molar-refractivity contribution is -0.164. The van der Waals surface area contributed by atoms with E-state index in [1.54, 1.807) is 0 Å². The largest absolute Gasteiger partial charge is 0.481 e. The van der Waals surface area contributed by atoms with Gasteiger partial charge in [-0.1, -0.05) is 52.0 Å². The van der Waals surface area contributed by atoms with Crippen LogP contribution in [0.1, 0.15) is 65.7 Å². The molecule has 0 bridgehead atoms. The van der Waals surface area contributed by atoms with Crippen molar-refractivity contribution >= 4 is 5.97 Å². The quantitative estimate of drug-likeness (QED) is 0.685. The number of hydrogen-bond acceptors (Lipinski definition) is 1. The molecule has 2 nitrogen and oxygen atoms in total. The first-order chi connectivity index (χ1) is 10.3. The number of rotatable bonds is 5. The number of hydrogen-bond donors (Lipinski definition) is 1. The molecule has 0 aromatic heterocycles. The third-order valence-electron chi connectivity index (χ3n) is 7.19. The van der Waals surface area contributed by atoms with Crippen LogP contribution in [0.2, 0.25) is 0 Å². The van der Waals surface area contributed by atoms with Gasteiger partial charge in [0.1, 0.15) is 0 Å². The summed E-state index contributed by atoms with van der Waals surface area (Å²) >= 11 is 0. The van der Waals surface area contributed by atoms with E-state index < -0.39 is 5.97 Å². The Hall–Kier alpha value is -1.05. The van der Waals surface area contributed by atoms with Crippen LogP contribution in [-0.4, -0.2) is 11.1 Å². The van der Waals surface area contributed by atoms with Gasteiger partial charge >= 0.3 is 5.97 Å². The van der Waals surface area contributed by atoms with Crippen molar-refractivity contribution in [3.8, 4) is 0 Å². The zero-order valence-electron chi connectivity index (χ0n) is 14.5. The maximum Gasteiger partial charge on any atom is 0.307 e. The Morgan fingerprint density at radius 2 is 2.00 bits per heavy atom. The van der Waals surface area contributed by atoms with Crippen LogP contribution >= 0.6 is 0 Å². The Balaban J connectivity index is 2.30. The van der Waals surface area contributed by atoms with E-state index in [1.807, 2.05) is 6.08 Å². The molecule has 2 aliphatic rings. The first-order valence-electron chi connectivity index (χ1n) is 8.78. The number of aliphatic carboxylic acids is 1. The smallest absolute Gasteiger partial charge is 0.307 e. The summed E-state index contributed by atoms with van der Waals surface area (Å²) in [6.45, 7) is 14.9. The minimum absolute atomic E-state index is 0.0408. The summed E-state index contributed by atoms with van der Waals surface area (Å²) in [4.78, 5) is 11.8. The molecular weight excluding hydrogens is 272 g/mol. The number of carboxylic acids is 1. The third-order valence-corrected chi connectivity index (χ3v) is 7.19. The molecule has 2 fully saturated rings. The summed E-state index contributed by atoms with van der Waals surface area (Å²) in [6, 6.07) is 0. The van der Waals surface area contributed by atoms with Crippen molar-refractivity contribution in [3.05, 3.63) is 24.8 Å². The minimum Gasteiger partial charge on any atom is -0.481 e. The van der Waals surface area contributed by atoms with Crippen molar-refractivity contribution in [1.29, 1.82) is 0 Å². The lowest BCUT2D eigenvalue weighted by Gasteiger charge is -2.60. The van der Waals surface area contributed by atoms with Crippen LogP contribution in [0.25, 0.3) is 0 Å². The standard InChI is InChI=1S/C20H32O2/c1-6-14(2)10-12-19(4)15(3)11-13-20(5)16(18(21)22)8-7-9-17(19)20/h6,15-17H,1-2,7-13H2,3-5H3,(H,21,22). The Kier molecular flexibility index (Phi) is 4.89. The van der Waals surface area contributed by atoms with Crippen LogP contribution in [0.15, 0.2) is 24.8 Å². The SMILES string of the molecule is C=CC(=C)CCC1(C)C(C)CCC2(C)C(C(=O)O)CCCC12. The molecule has 0 radical (unpaired) electrons. The summed E-state index contributed by atoms with van der Waals surface area (Å²) in [6.07, 6.45) is 9.24. The molecule has 0 aromatic rings. The summed E-state index contributed by atoms with van der Waals surface area (Å²) in [5, 5.41) is 9.71. The molecule has 1 N–H and O–H groups in total. The zero-order chi connectivity index (χ0) is 16.5. The average Bonchev–Trinajstić information content (AvgIpc) is 2.48. The van der Waals surface area contributed by atoms with Crippen LogP contribution in [-0.2, 0) is 4.79 Å². The molecule has 0 saturated heterocycles. The third kappa shape index (κ3) is 2.77. The summed E-state index contributed by atoms with van der Waals surface area (Å²) in [5.41, 5.74) is 1.28. The first kappa shape index (κ1) is 17.3. The number of allylic oxidation sites excluding steroid dienone is 2. The highest BCUT2D eigenvalue weighted by molar-refractivity contribution is 5.71. The molecule has 2 saturated carbocycles. The van der Waals surface area contributed by atoms with Crippen LogP contribution in [0.5, 0.6) is 0 Å². The van der Waals surface area contributed by atoms with Gasteiger partial charge in [0.2, 0.25) is 0 Å². The van der Waals surface area contributed by atoms with Crippen molar-refractivity contribution in [2.45, 2.75) is 65.7 Å². The number of fused-ring (bicyclic) bond motifs is 1. The fourth-order valence-electron chi connectivity index (χ4n) is 5.42. The van der Waals surface area contributed by atoms with Crippen LogP contribution in [0.4, 0.5) is 0 Å². The molecule has 22 heavy (non-hydrogen) atoms. The lowest BCUT2D eigenvalue weighted by atomic mass is 9.44. The maximum atomic E-state index is 11.8. The van der Waals surface area contributed by atoms with E-state index in [0.29, 0.717) is 11.8 Å². The molecule has 2 aliphatic carbocycles. The second-order valence-electron chi connectivity index (χ2n) is 8.19. The Bertz CT molecular complexity index is 466. The van der Waals surface area contributed by atoms with E-state index in [9.17, 15) is 9.90 Å².